The van der Waals surface area contributed by atoms with Gasteiger partial charge < -0.3 is 9.80 Å². The van der Waals surface area contributed by atoms with E-state index in [1.165, 1.54) is 61.9 Å². The standard InChI is InChI=1S/C31H44FN3S/c1-26(2)31(25-33,29-9-6-24-36-29)17-8-19-35-22-20-34(21-23-35)18-7-16-30(14-4-3-5-15-30)27-10-12-28(32)13-11-27/h6,9-13,24,26H,3-5,7-8,14-23H2,1-2H3. The predicted octanol–water partition coefficient (Wildman–Crippen LogP) is 7.38. The van der Waals surface area contributed by atoms with Crippen LogP contribution in [0.5, 0.6) is 0 Å². The van der Waals surface area contributed by atoms with E-state index in [2.05, 4.69) is 47.2 Å². The van der Waals surface area contributed by atoms with Crippen LogP contribution in [0, 0.1) is 23.1 Å². The first kappa shape index (κ1) is 27.3. The largest absolute Gasteiger partial charge is 0.301 e. The summed E-state index contributed by atoms with van der Waals surface area (Å²) in [5.74, 6) is 0.192. The van der Waals surface area contributed by atoms with E-state index in [0.29, 0.717) is 5.92 Å². The molecule has 0 spiro atoms. The van der Waals surface area contributed by atoms with E-state index in [1.807, 2.05) is 12.1 Å². The average Bonchev–Trinajstić information content (AvgIpc) is 3.44. The monoisotopic (exact) mass is 509 g/mol. The molecule has 2 aromatic rings. The number of benzene rings is 1. The Morgan fingerprint density at radius 2 is 1.61 bits per heavy atom. The lowest BCUT2D eigenvalue weighted by Gasteiger charge is -2.40. The van der Waals surface area contributed by atoms with E-state index in [4.69, 9.17) is 0 Å². The molecular formula is C31H44FN3S. The number of rotatable bonds is 11. The van der Waals surface area contributed by atoms with Gasteiger partial charge in [0.25, 0.3) is 0 Å². The molecule has 2 fully saturated rings. The van der Waals surface area contributed by atoms with E-state index in [9.17, 15) is 9.65 Å². The Balaban J connectivity index is 1.21. The molecule has 0 radical (unpaired) electrons. The zero-order valence-corrected chi connectivity index (χ0v) is 23.2. The van der Waals surface area contributed by atoms with Gasteiger partial charge in [0.1, 0.15) is 5.82 Å². The van der Waals surface area contributed by atoms with Gasteiger partial charge in [0.05, 0.1) is 11.5 Å². The molecule has 1 aromatic carbocycles. The Hall–Kier alpha value is -1.74. The summed E-state index contributed by atoms with van der Waals surface area (Å²) in [5.41, 5.74) is 1.25. The van der Waals surface area contributed by atoms with Crippen molar-refractivity contribution in [2.75, 3.05) is 39.3 Å². The van der Waals surface area contributed by atoms with Gasteiger partial charge >= 0.3 is 0 Å². The first-order valence-electron chi connectivity index (χ1n) is 14.1. The van der Waals surface area contributed by atoms with Gasteiger partial charge in [-0.2, -0.15) is 5.26 Å². The van der Waals surface area contributed by atoms with Crippen LogP contribution in [-0.2, 0) is 10.8 Å². The average molecular weight is 510 g/mol. The highest BCUT2D eigenvalue weighted by molar-refractivity contribution is 7.10. The summed E-state index contributed by atoms with van der Waals surface area (Å²) in [5, 5.41) is 12.2. The van der Waals surface area contributed by atoms with Crippen molar-refractivity contribution >= 4 is 11.3 Å². The van der Waals surface area contributed by atoms with Gasteiger partial charge in [-0.1, -0.05) is 51.3 Å². The Kier molecular flexibility index (Phi) is 9.61. The summed E-state index contributed by atoms with van der Waals surface area (Å²) in [6, 6.07) is 14.3. The fourth-order valence-electron chi connectivity index (χ4n) is 6.64. The number of hydrogen-bond donors (Lipinski definition) is 0. The Morgan fingerprint density at radius 1 is 0.972 bits per heavy atom. The molecule has 1 aromatic heterocycles. The molecule has 1 saturated carbocycles. The molecule has 2 heterocycles. The summed E-state index contributed by atoms with van der Waals surface area (Å²) < 4.78 is 13.5. The second-order valence-electron chi connectivity index (χ2n) is 11.5. The van der Waals surface area contributed by atoms with Gasteiger partial charge in [-0.15, -0.1) is 11.3 Å². The van der Waals surface area contributed by atoms with Crippen molar-refractivity contribution in [3.63, 3.8) is 0 Å². The van der Waals surface area contributed by atoms with Crippen LogP contribution in [0.1, 0.15) is 82.1 Å². The third-order valence-electron chi connectivity index (χ3n) is 9.05. The van der Waals surface area contributed by atoms with Crippen LogP contribution in [0.15, 0.2) is 41.8 Å². The highest BCUT2D eigenvalue weighted by Crippen LogP contribution is 2.43. The lowest BCUT2D eigenvalue weighted by Crippen LogP contribution is -2.47. The number of thiophene rings is 1. The number of piperazine rings is 1. The second-order valence-corrected chi connectivity index (χ2v) is 12.4. The zero-order chi connectivity index (χ0) is 25.4. The van der Waals surface area contributed by atoms with Crippen LogP contribution < -0.4 is 0 Å². The first-order valence-corrected chi connectivity index (χ1v) is 15.0. The number of hydrogen-bond acceptors (Lipinski definition) is 4. The summed E-state index contributed by atoms with van der Waals surface area (Å²) in [7, 11) is 0. The molecular weight excluding hydrogens is 465 g/mol. The molecule has 0 bridgehead atoms. The normalized spacial score (nSPS) is 20.8. The second kappa shape index (κ2) is 12.7. The van der Waals surface area contributed by atoms with Crippen LogP contribution in [0.2, 0.25) is 0 Å². The predicted molar refractivity (Wildman–Crippen MR) is 149 cm³/mol. The van der Waals surface area contributed by atoms with E-state index in [0.717, 1.165) is 45.6 Å². The van der Waals surface area contributed by atoms with Crippen LogP contribution in [0.25, 0.3) is 0 Å². The zero-order valence-electron chi connectivity index (χ0n) is 22.4. The van der Waals surface area contributed by atoms with Crippen molar-refractivity contribution in [2.24, 2.45) is 5.92 Å². The number of halogens is 1. The minimum absolute atomic E-state index is 0.128. The van der Waals surface area contributed by atoms with Crippen LogP contribution in [-0.4, -0.2) is 49.1 Å². The fourth-order valence-corrected chi connectivity index (χ4v) is 7.70. The van der Waals surface area contributed by atoms with Crippen molar-refractivity contribution in [1.29, 1.82) is 5.26 Å². The Morgan fingerprint density at radius 3 is 2.17 bits per heavy atom. The van der Waals surface area contributed by atoms with E-state index in [-0.39, 0.29) is 16.6 Å². The summed E-state index contributed by atoms with van der Waals surface area (Å²) in [4.78, 5) is 6.45. The summed E-state index contributed by atoms with van der Waals surface area (Å²) in [6.45, 7) is 11.2. The quantitative estimate of drug-likeness (QED) is 0.316. The van der Waals surface area contributed by atoms with Crippen LogP contribution in [0.3, 0.4) is 0 Å². The lowest BCUT2D eigenvalue weighted by atomic mass is 9.67. The first-order chi connectivity index (χ1) is 17.5. The fraction of sp³-hybridized carbons (Fsp3) is 0.645. The molecule has 0 N–H and O–H groups in total. The molecule has 1 saturated heterocycles. The van der Waals surface area contributed by atoms with Crippen molar-refractivity contribution in [3.8, 4) is 6.07 Å². The minimum atomic E-state index is -0.352. The highest BCUT2D eigenvalue weighted by atomic mass is 32.1. The number of nitrogens with zero attached hydrogens (tertiary/aromatic N) is 3. The van der Waals surface area contributed by atoms with Crippen molar-refractivity contribution in [2.45, 2.75) is 82.5 Å². The van der Waals surface area contributed by atoms with Crippen molar-refractivity contribution in [1.82, 2.24) is 9.80 Å². The Bertz CT molecular complexity index is 951. The molecule has 0 amide bonds. The minimum Gasteiger partial charge on any atom is -0.301 e. The molecule has 3 nitrogen and oxygen atoms in total. The topological polar surface area (TPSA) is 30.3 Å². The molecule has 1 unspecified atom stereocenters. The molecule has 2 aliphatic rings. The van der Waals surface area contributed by atoms with Gasteiger partial charge in [-0.3, -0.25) is 0 Å². The van der Waals surface area contributed by atoms with Gasteiger partial charge in [-0.05, 0) is 92.1 Å². The smallest absolute Gasteiger partial charge is 0.123 e. The SMILES string of the molecule is CC(C)C(C#N)(CCCN1CCN(CCCC2(c3ccc(F)cc3)CCCCC2)CC1)c1cccs1. The molecule has 5 heteroatoms. The summed E-state index contributed by atoms with van der Waals surface area (Å²) >= 11 is 1.73. The molecule has 1 aliphatic heterocycles. The van der Waals surface area contributed by atoms with Crippen molar-refractivity contribution in [3.05, 3.63) is 58.0 Å². The highest BCUT2D eigenvalue weighted by Gasteiger charge is 2.37. The maximum absolute atomic E-state index is 13.5. The van der Waals surface area contributed by atoms with Crippen LogP contribution in [0.4, 0.5) is 4.39 Å². The van der Waals surface area contributed by atoms with Crippen molar-refractivity contribution < 1.29 is 4.39 Å². The Labute approximate surface area is 222 Å². The summed E-state index contributed by atoms with van der Waals surface area (Å²) in [6.07, 6.45) is 10.9. The molecule has 4 rings (SSSR count). The van der Waals surface area contributed by atoms with Gasteiger partial charge in [0.2, 0.25) is 0 Å². The van der Waals surface area contributed by atoms with E-state index in [1.54, 1.807) is 23.5 Å². The third kappa shape index (κ3) is 6.39. The van der Waals surface area contributed by atoms with Gasteiger partial charge in [-0.25, -0.2) is 4.39 Å². The van der Waals surface area contributed by atoms with Gasteiger partial charge in [0, 0.05) is 31.1 Å². The van der Waals surface area contributed by atoms with Gasteiger partial charge in [0.15, 0.2) is 0 Å². The molecule has 196 valence electrons. The van der Waals surface area contributed by atoms with E-state index >= 15 is 0 Å². The maximum atomic E-state index is 13.5. The lowest BCUT2D eigenvalue weighted by molar-refractivity contribution is 0.123. The van der Waals surface area contributed by atoms with Crippen LogP contribution >= 0.6 is 11.3 Å². The maximum Gasteiger partial charge on any atom is 0.123 e. The molecule has 36 heavy (non-hydrogen) atoms. The van der Waals surface area contributed by atoms with E-state index < -0.39 is 0 Å². The molecule has 1 aliphatic carbocycles. The third-order valence-corrected chi connectivity index (χ3v) is 10.1. The molecule has 1 atom stereocenters. The number of nitriles is 1.